The topological polar surface area (TPSA) is 0 Å². The molecule has 68 valence electrons. The van der Waals surface area contributed by atoms with Crippen LogP contribution in [0, 0.1) is 6.58 Å². The van der Waals surface area contributed by atoms with Crippen LogP contribution < -0.4 is 34.0 Å². The standard InChI is InChI=1S/C7H13.2BrH.Cu.Mg/c1-4-5-6-7(2)3;;;;/h2H,4-6H2,1,3H3;2*1H;;/q-1;;;+1;+2/p-2. The molecule has 4 heteroatoms. The number of hydrogen-bond donors (Lipinski definition) is 0. The number of unbranched alkanes of at least 4 members (excludes halogenated alkanes) is 1. The second kappa shape index (κ2) is 22.7. The molecule has 0 aromatic rings. The van der Waals surface area contributed by atoms with E-state index in [1.54, 1.807) is 0 Å². The van der Waals surface area contributed by atoms with E-state index in [0.29, 0.717) is 0 Å². The molecule has 0 atom stereocenters. The third-order valence-electron chi connectivity index (χ3n) is 0.925. The van der Waals surface area contributed by atoms with Crippen LogP contribution in [0.2, 0.25) is 0 Å². The molecular formula is C7H13Br2CuMg. The molecule has 0 rings (SSSR count). The predicted molar refractivity (Wildman–Crippen MR) is 38.8 cm³/mol. The van der Waals surface area contributed by atoms with Gasteiger partial charge in [-0.2, -0.15) is 0 Å². The average molecular weight is 345 g/mol. The van der Waals surface area contributed by atoms with Crippen molar-refractivity contribution in [3.05, 3.63) is 12.2 Å². The van der Waals surface area contributed by atoms with Crippen LogP contribution in [0.25, 0.3) is 0 Å². The molecule has 0 aromatic carbocycles. The summed E-state index contributed by atoms with van der Waals surface area (Å²) in [7, 11) is 0. The first-order valence-corrected chi connectivity index (χ1v) is 2.85. The molecule has 0 heterocycles. The zero-order valence-electron chi connectivity index (χ0n) is 6.96. The third kappa shape index (κ3) is 33.4. The molecule has 0 N–H and O–H groups in total. The van der Waals surface area contributed by atoms with E-state index < -0.39 is 0 Å². The Hall–Kier alpha value is 1.99. The Morgan fingerprint density at radius 3 is 1.73 bits per heavy atom. The Balaban J connectivity index is -0.0000000300. The molecule has 11 heavy (non-hydrogen) atoms. The maximum absolute atomic E-state index is 5.40. The summed E-state index contributed by atoms with van der Waals surface area (Å²) in [5.41, 5.74) is 1.06. The van der Waals surface area contributed by atoms with Gasteiger partial charge in [-0.15, -0.1) is 0 Å². The molecule has 0 amide bonds. The number of halogens is 2. The summed E-state index contributed by atoms with van der Waals surface area (Å²) >= 11 is 0. The molecule has 0 aliphatic carbocycles. The molecule has 0 spiro atoms. The van der Waals surface area contributed by atoms with Crippen molar-refractivity contribution >= 4 is 23.1 Å². The fourth-order valence-corrected chi connectivity index (χ4v) is 0.456. The molecule has 0 fully saturated rings. The van der Waals surface area contributed by atoms with E-state index in [0.717, 1.165) is 12.0 Å². The van der Waals surface area contributed by atoms with Crippen LogP contribution in [-0.4, -0.2) is 23.1 Å². The van der Waals surface area contributed by atoms with Crippen LogP contribution in [0.3, 0.4) is 0 Å². The van der Waals surface area contributed by atoms with E-state index in [2.05, 4.69) is 6.92 Å². The van der Waals surface area contributed by atoms with E-state index in [4.69, 9.17) is 6.58 Å². The van der Waals surface area contributed by atoms with E-state index >= 15 is 0 Å². The normalized spacial score (nSPS) is 5.64. The monoisotopic (exact) mass is 342 g/mol. The summed E-state index contributed by atoms with van der Waals surface area (Å²) in [5.74, 6) is 0. The minimum Gasteiger partial charge on any atom is -1.00 e. The van der Waals surface area contributed by atoms with Gasteiger partial charge >= 0.3 is 40.1 Å². The van der Waals surface area contributed by atoms with Gasteiger partial charge in [0.1, 0.15) is 0 Å². The van der Waals surface area contributed by atoms with Crippen molar-refractivity contribution in [2.24, 2.45) is 0 Å². The van der Waals surface area contributed by atoms with Gasteiger partial charge in [-0.05, 0) is 0 Å². The number of rotatable bonds is 3. The molecule has 0 saturated heterocycles. The molecule has 0 nitrogen and oxygen atoms in total. The van der Waals surface area contributed by atoms with Gasteiger partial charge in [-0.1, -0.05) is 33.1 Å². The third-order valence-corrected chi connectivity index (χ3v) is 0.925. The predicted octanol–water partition coefficient (Wildman–Crippen LogP) is -3.82. The first kappa shape index (κ1) is 29.3. The van der Waals surface area contributed by atoms with Gasteiger partial charge in [0.15, 0.2) is 0 Å². The Labute approximate surface area is 118 Å². The summed E-state index contributed by atoms with van der Waals surface area (Å²) in [6.45, 7) is 9.53. The van der Waals surface area contributed by atoms with E-state index in [1.807, 2.05) is 6.92 Å². The van der Waals surface area contributed by atoms with Gasteiger partial charge < -0.3 is 40.5 Å². The van der Waals surface area contributed by atoms with Crippen LogP contribution >= 0.6 is 0 Å². The van der Waals surface area contributed by atoms with Crippen molar-refractivity contribution in [3.63, 3.8) is 0 Å². The molecule has 0 radical (unpaired) electrons. The molecule has 0 saturated carbocycles. The van der Waals surface area contributed by atoms with Gasteiger partial charge in [0.05, 0.1) is 0 Å². The molecule has 0 aliphatic heterocycles. The Kier molecular flexibility index (Phi) is 60.3. The van der Waals surface area contributed by atoms with Crippen molar-refractivity contribution < 1.29 is 51.0 Å². The fourth-order valence-electron chi connectivity index (χ4n) is 0.456. The van der Waals surface area contributed by atoms with Crippen molar-refractivity contribution in [1.29, 1.82) is 0 Å². The summed E-state index contributed by atoms with van der Waals surface area (Å²) in [6.07, 6.45) is 3.58. The zero-order chi connectivity index (χ0) is 5.70. The second-order valence-electron chi connectivity index (χ2n) is 1.95. The Bertz CT molecular complexity index is 69.5. The van der Waals surface area contributed by atoms with Crippen LogP contribution in [0.5, 0.6) is 0 Å². The summed E-state index contributed by atoms with van der Waals surface area (Å²) in [4.78, 5) is 0. The molecular weight excluding hydrogens is 332 g/mol. The average Bonchev–Trinajstić information content (AvgIpc) is 1.61. The van der Waals surface area contributed by atoms with E-state index in [9.17, 15) is 0 Å². The molecule has 0 aliphatic rings. The van der Waals surface area contributed by atoms with Crippen LogP contribution in [0.4, 0.5) is 0 Å². The second-order valence-corrected chi connectivity index (χ2v) is 1.95. The quantitative estimate of drug-likeness (QED) is 0.364. The van der Waals surface area contributed by atoms with E-state index in [1.165, 1.54) is 12.8 Å². The maximum Gasteiger partial charge on any atom is 2.00 e. The van der Waals surface area contributed by atoms with Crippen molar-refractivity contribution in [2.75, 3.05) is 0 Å². The Morgan fingerprint density at radius 2 is 1.64 bits per heavy atom. The van der Waals surface area contributed by atoms with Gasteiger partial charge in [-0.3, -0.25) is 5.57 Å². The Morgan fingerprint density at radius 1 is 1.27 bits per heavy atom. The molecule has 0 unspecified atom stereocenters. The summed E-state index contributed by atoms with van der Waals surface area (Å²) in [5, 5.41) is 0. The van der Waals surface area contributed by atoms with E-state index in [-0.39, 0.29) is 74.1 Å². The minimum atomic E-state index is 0. The number of hydrogen-bond acceptors (Lipinski definition) is 0. The maximum atomic E-state index is 5.40. The first-order valence-electron chi connectivity index (χ1n) is 2.85. The fraction of sp³-hybridized carbons (Fsp3) is 0.714. The SMILES string of the molecule is [Br-].[Br-].[CH-]=C(C)CCCC.[Cu+].[Mg+2]. The summed E-state index contributed by atoms with van der Waals surface area (Å²) in [6, 6.07) is 0. The largest absolute Gasteiger partial charge is 2.00 e. The summed E-state index contributed by atoms with van der Waals surface area (Å²) < 4.78 is 0. The van der Waals surface area contributed by atoms with Gasteiger partial charge in [0.2, 0.25) is 0 Å². The van der Waals surface area contributed by atoms with Gasteiger partial charge in [0, 0.05) is 0 Å². The minimum absolute atomic E-state index is 0. The zero-order valence-corrected chi connectivity index (χ0v) is 12.5. The first-order chi connectivity index (χ1) is 3.27. The molecule has 0 aromatic heterocycles. The van der Waals surface area contributed by atoms with Crippen molar-refractivity contribution in [2.45, 2.75) is 33.1 Å². The van der Waals surface area contributed by atoms with Gasteiger partial charge in [0.25, 0.3) is 0 Å². The smallest absolute Gasteiger partial charge is 1.00 e. The van der Waals surface area contributed by atoms with Gasteiger partial charge in [-0.25, -0.2) is 0 Å². The van der Waals surface area contributed by atoms with Crippen LogP contribution in [-0.2, 0) is 17.1 Å². The number of allylic oxidation sites excluding steroid dienone is 1. The van der Waals surface area contributed by atoms with Crippen molar-refractivity contribution in [3.8, 4) is 0 Å². The van der Waals surface area contributed by atoms with Crippen molar-refractivity contribution in [1.82, 2.24) is 0 Å². The van der Waals surface area contributed by atoms with Crippen LogP contribution in [0.15, 0.2) is 5.57 Å². The molecule has 0 bridgehead atoms. The van der Waals surface area contributed by atoms with Crippen LogP contribution in [0.1, 0.15) is 33.1 Å².